The maximum Gasteiger partial charge on any atom is 0.188 e. The molecule has 2 heteroatoms. The standard InChI is InChI=1S/C9H12O2.C2H6/c1-3-5-8(6-4-2)9(11)7-10;1-2/h3-6,10H,1,7H2,2H3;1-2H3/b6-4-,8-5+;. The van der Waals surface area contributed by atoms with E-state index in [2.05, 4.69) is 6.58 Å². The lowest BCUT2D eigenvalue weighted by Gasteiger charge is -1.94. The van der Waals surface area contributed by atoms with Crippen molar-refractivity contribution in [3.05, 3.63) is 36.5 Å². The molecule has 13 heavy (non-hydrogen) atoms. The van der Waals surface area contributed by atoms with Gasteiger partial charge in [-0.1, -0.05) is 44.7 Å². The quantitative estimate of drug-likeness (QED) is 0.535. The highest BCUT2D eigenvalue weighted by Gasteiger charge is 2.01. The molecule has 0 rings (SSSR count). The first kappa shape index (κ1) is 14.4. The second-order valence-corrected chi connectivity index (χ2v) is 1.94. The number of allylic oxidation sites excluding steroid dienone is 4. The molecule has 0 atom stereocenters. The molecule has 0 saturated carbocycles. The van der Waals surface area contributed by atoms with E-state index in [9.17, 15) is 4.79 Å². The summed E-state index contributed by atoms with van der Waals surface area (Å²) in [6, 6.07) is 0. The molecule has 74 valence electrons. The molecule has 0 aromatic heterocycles. The number of Topliss-reactive ketones (excluding diaryl/α,β-unsaturated/α-hetero) is 1. The number of aliphatic hydroxyl groups excluding tert-OH is 1. The molecular formula is C11H18O2. The maximum atomic E-state index is 10.9. The van der Waals surface area contributed by atoms with E-state index in [1.165, 1.54) is 6.08 Å². The van der Waals surface area contributed by atoms with Gasteiger partial charge in [-0.2, -0.15) is 0 Å². The molecule has 0 unspecified atom stereocenters. The fourth-order valence-electron chi connectivity index (χ4n) is 0.639. The van der Waals surface area contributed by atoms with Crippen LogP contribution < -0.4 is 0 Å². The van der Waals surface area contributed by atoms with Gasteiger partial charge in [0.05, 0.1) is 0 Å². The second-order valence-electron chi connectivity index (χ2n) is 1.94. The normalized spacial score (nSPS) is 10.6. The maximum absolute atomic E-state index is 10.9. The monoisotopic (exact) mass is 182 g/mol. The van der Waals surface area contributed by atoms with Gasteiger partial charge < -0.3 is 5.11 Å². The average molecular weight is 182 g/mol. The first-order valence-electron chi connectivity index (χ1n) is 4.35. The molecule has 0 aliphatic carbocycles. The van der Waals surface area contributed by atoms with Crippen LogP contribution in [0.1, 0.15) is 20.8 Å². The highest BCUT2D eigenvalue weighted by molar-refractivity contribution is 5.98. The molecule has 0 radical (unpaired) electrons. The van der Waals surface area contributed by atoms with Crippen molar-refractivity contribution in [1.82, 2.24) is 0 Å². The van der Waals surface area contributed by atoms with Gasteiger partial charge in [0, 0.05) is 5.57 Å². The van der Waals surface area contributed by atoms with Crippen LogP contribution in [0.3, 0.4) is 0 Å². The molecule has 0 fully saturated rings. The first-order chi connectivity index (χ1) is 6.26. The van der Waals surface area contributed by atoms with Gasteiger partial charge >= 0.3 is 0 Å². The van der Waals surface area contributed by atoms with Crippen LogP contribution in [0.15, 0.2) is 36.5 Å². The van der Waals surface area contributed by atoms with E-state index in [-0.39, 0.29) is 5.78 Å². The molecule has 0 bridgehead atoms. The molecular weight excluding hydrogens is 164 g/mol. The Morgan fingerprint density at radius 2 is 2.00 bits per heavy atom. The van der Waals surface area contributed by atoms with E-state index >= 15 is 0 Å². The predicted molar refractivity (Wildman–Crippen MR) is 56.5 cm³/mol. The molecule has 2 nitrogen and oxygen atoms in total. The fourth-order valence-corrected chi connectivity index (χ4v) is 0.639. The Bertz CT molecular complexity index is 200. The lowest BCUT2D eigenvalue weighted by Crippen LogP contribution is -2.05. The summed E-state index contributed by atoms with van der Waals surface area (Å²) in [6.07, 6.45) is 6.46. The van der Waals surface area contributed by atoms with E-state index in [1.54, 1.807) is 18.2 Å². The van der Waals surface area contributed by atoms with Gasteiger partial charge in [-0.25, -0.2) is 0 Å². The van der Waals surface area contributed by atoms with E-state index in [0.29, 0.717) is 5.57 Å². The Labute approximate surface area is 80.3 Å². The smallest absolute Gasteiger partial charge is 0.188 e. The van der Waals surface area contributed by atoms with E-state index in [0.717, 1.165) is 0 Å². The van der Waals surface area contributed by atoms with Crippen molar-refractivity contribution in [3.63, 3.8) is 0 Å². The number of carbonyl (C=O) groups is 1. The van der Waals surface area contributed by atoms with Crippen molar-refractivity contribution in [3.8, 4) is 0 Å². The largest absolute Gasteiger partial charge is 0.388 e. The summed E-state index contributed by atoms with van der Waals surface area (Å²) in [4.78, 5) is 10.9. The lowest BCUT2D eigenvalue weighted by atomic mass is 10.1. The summed E-state index contributed by atoms with van der Waals surface area (Å²) in [5, 5.41) is 8.50. The summed E-state index contributed by atoms with van der Waals surface area (Å²) in [7, 11) is 0. The van der Waals surface area contributed by atoms with Crippen LogP contribution in [-0.4, -0.2) is 17.5 Å². The third-order valence-electron chi connectivity index (χ3n) is 1.11. The predicted octanol–water partition coefficient (Wildman–Crippen LogP) is 2.26. The van der Waals surface area contributed by atoms with Crippen LogP contribution in [0.25, 0.3) is 0 Å². The van der Waals surface area contributed by atoms with Crippen LogP contribution in [0.4, 0.5) is 0 Å². The Morgan fingerprint density at radius 1 is 1.46 bits per heavy atom. The van der Waals surface area contributed by atoms with Gasteiger partial charge in [-0.15, -0.1) is 0 Å². The first-order valence-corrected chi connectivity index (χ1v) is 4.35. The number of rotatable bonds is 4. The van der Waals surface area contributed by atoms with Crippen molar-refractivity contribution in [2.75, 3.05) is 6.61 Å². The van der Waals surface area contributed by atoms with Gasteiger partial charge in [0.25, 0.3) is 0 Å². The zero-order valence-electron chi connectivity index (χ0n) is 8.58. The van der Waals surface area contributed by atoms with Crippen molar-refractivity contribution in [2.24, 2.45) is 0 Å². The molecule has 0 aliphatic rings. The third-order valence-corrected chi connectivity index (χ3v) is 1.11. The average Bonchev–Trinajstić information content (AvgIpc) is 2.19. The van der Waals surface area contributed by atoms with E-state index in [1.807, 2.05) is 20.8 Å². The molecule has 0 aromatic rings. The van der Waals surface area contributed by atoms with Crippen molar-refractivity contribution in [1.29, 1.82) is 0 Å². The molecule has 0 saturated heterocycles. The molecule has 0 aliphatic heterocycles. The van der Waals surface area contributed by atoms with Crippen LogP contribution >= 0.6 is 0 Å². The van der Waals surface area contributed by atoms with Gasteiger partial charge in [-0.05, 0) is 6.92 Å². The van der Waals surface area contributed by atoms with Crippen LogP contribution in [0, 0.1) is 0 Å². The minimum atomic E-state index is -0.454. The van der Waals surface area contributed by atoms with Crippen LogP contribution in [-0.2, 0) is 4.79 Å². The highest BCUT2D eigenvalue weighted by Crippen LogP contribution is 1.98. The summed E-state index contributed by atoms with van der Waals surface area (Å²) in [6.45, 7) is 8.81. The third kappa shape index (κ3) is 7.22. The van der Waals surface area contributed by atoms with Crippen molar-refractivity contribution < 1.29 is 9.90 Å². The summed E-state index contributed by atoms with van der Waals surface area (Å²) in [5.41, 5.74) is 0.477. The Morgan fingerprint density at radius 3 is 2.31 bits per heavy atom. The minimum Gasteiger partial charge on any atom is -0.388 e. The second kappa shape index (κ2) is 10.8. The number of hydrogen-bond donors (Lipinski definition) is 1. The Hall–Kier alpha value is -1.15. The summed E-state index contributed by atoms with van der Waals surface area (Å²) >= 11 is 0. The molecule has 0 spiro atoms. The molecule has 0 aromatic carbocycles. The SMILES string of the molecule is C=C/C=C(\C=C/C)C(=O)CO.CC. The molecule has 0 heterocycles. The number of aliphatic hydroxyl groups is 1. The lowest BCUT2D eigenvalue weighted by molar-refractivity contribution is -0.117. The van der Waals surface area contributed by atoms with Crippen molar-refractivity contribution in [2.45, 2.75) is 20.8 Å². The Balaban J connectivity index is 0. The Kier molecular flexibility index (Phi) is 12.0. The van der Waals surface area contributed by atoms with E-state index < -0.39 is 6.61 Å². The number of ketones is 1. The van der Waals surface area contributed by atoms with Gasteiger partial charge in [0.1, 0.15) is 6.61 Å². The molecule has 1 N–H and O–H groups in total. The fraction of sp³-hybridized carbons (Fsp3) is 0.364. The van der Waals surface area contributed by atoms with Crippen LogP contribution in [0.2, 0.25) is 0 Å². The number of hydrogen-bond acceptors (Lipinski definition) is 2. The number of carbonyl (C=O) groups excluding carboxylic acids is 1. The van der Waals surface area contributed by atoms with Crippen LogP contribution in [0.5, 0.6) is 0 Å². The van der Waals surface area contributed by atoms with E-state index in [4.69, 9.17) is 5.11 Å². The summed E-state index contributed by atoms with van der Waals surface area (Å²) in [5.74, 6) is -0.289. The topological polar surface area (TPSA) is 37.3 Å². The highest BCUT2D eigenvalue weighted by atomic mass is 16.3. The van der Waals surface area contributed by atoms with Crippen molar-refractivity contribution >= 4 is 5.78 Å². The summed E-state index contributed by atoms with van der Waals surface area (Å²) < 4.78 is 0. The minimum absolute atomic E-state index is 0.289. The zero-order chi connectivity index (χ0) is 10.7. The van der Waals surface area contributed by atoms with Gasteiger partial charge in [0.15, 0.2) is 5.78 Å². The zero-order valence-corrected chi connectivity index (χ0v) is 8.58. The van der Waals surface area contributed by atoms with Gasteiger partial charge in [-0.3, -0.25) is 4.79 Å². The van der Waals surface area contributed by atoms with Gasteiger partial charge in [0.2, 0.25) is 0 Å². The molecule has 0 amide bonds.